The third-order valence-corrected chi connectivity index (χ3v) is 10.3. The van der Waals surface area contributed by atoms with E-state index >= 15 is 0 Å². The topological polar surface area (TPSA) is 54.4 Å². The summed E-state index contributed by atoms with van der Waals surface area (Å²) in [4.78, 5) is 17.4. The summed E-state index contributed by atoms with van der Waals surface area (Å²) in [5.41, 5.74) is 0.772. The highest BCUT2D eigenvalue weighted by atomic mass is 35.5. The van der Waals surface area contributed by atoms with E-state index in [2.05, 4.69) is 5.16 Å². The summed E-state index contributed by atoms with van der Waals surface area (Å²) in [6.45, 7) is 3.73. The van der Waals surface area contributed by atoms with Gasteiger partial charge in [-0.15, -0.1) is 11.8 Å². The predicted molar refractivity (Wildman–Crippen MR) is 134 cm³/mol. The fourth-order valence-corrected chi connectivity index (χ4v) is 6.28. The second-order valence-electron chi connectivity index (χ2n) is 5.86. The summed E-state index contributed by atoms with van der Waals surface area (Å²) in [5, 5.41) is 5.04. The highest BCUT2D eigenvalue weighted by molar-refractivity contribution is 8.21. The van der Waals surface area contributed by atoms with Crippen molar-refractivity contribution in [2.45, 2.75) is 13.8 Å². The molecule has 0 spiro atoms. The Balaban J connectivity index is 2.33. The van der Waals surface area contributed by atoms with Crippen LogP contribution in [0.4, 0.5) is 10.5 Å². The summed E-state index contributed by atoms with van der Waals surface area (Å²) in [6, 6.07) is 16.6. The van der Waals surface area contributed by atoms with Gasteiger partial charge in [-0.2, -0.15) is 0 Å². The van der Waals surface area contributed by atoms with Gasteiger partial charge in [0, 0.05) is 18.2 Å². The van der Waals surface area contributed by atoms with Crippen LogP contribution in [0.1, 0.15) is 13.8 Å². The molecule has 30 heavy (non-hydrogen) atoms. The van der Waals surface area contributed by atoms with E-state index in [9.17, 15) is 4.79 Å². The number of halogens is 1. The second-order valence-corrected chi connectivity index (χ2v) is 12.8. The van der Waals surface area contributed by atoms with Gasteiger partial charge < -0.3 is 4.52 Å². The molecule has 0 bridgehead atoms. The van der Waals surface area contributed by atoms with Crippen molar-refractivity contribution in [2.24, 2.45) is 5.16 Å². The van der Waals surface area contributed by atoms with E-state index in [-0.39, 0.29) is 0 Å². The molecule has 0 saturated carbocycles. The number of rotatable bonds is 8. The zero-order chi connectivity index (χ0) is 22.1. The van der Waals surface area contributed by atoms with Crippen LogP contribution in [0.25, 0.3) is 0 Å². The van der Waals surface area contributed by atoms with Crippen LogP contribution in [-0.2, 0) is 16.6 Å². The van der Waals surface area contributed by atoms with Gasteiger partial charge in [-0.1, -0.05) is 41.9 Å². The maximum atomic E-state index is 12.4. The maximum absolute atomic E-state index is 12.4. The predicted octanol–water partition coefficient (Wildman–Crippen LogP) is 6.88. The highest BCUT2D eigenvalue weighted by Crippen LogP contribution is 2.57. The number of hydrogen-bond acceptors (Lipinski definition) is 7. The van der Waals surface area contributed by atoms with E-state index in [0.29, 0.717) is 22.0 Å². The molecule has 2 aromatic rings. The molecule has 0 aliphatic rings. The maximum Gasteiger partial charge on any atom is 0.447 e. The standard InChI is InChI=1S/C19H23ClN3O3PS3/c1-5-27(28,26-18-9-7-6-8-10-18)23(17-13-11-16(20)12-14-17)30-22(3)19(24)25-21-15(2)29-4/h6-14H,5H2,1-4H3. The molecule has 2 aromatic carbocycles. The normalized spacial score (nSPS) is 13.3. The van der Waals surface area contributed by atoms with Crippen molar-refractivity contribution in [3.63, 3.8) is 0 Å². The molecule has 11 heteroatoms. The van der Waals surface area contributed by atoms with Crippen LogP contribution in [0.5, 0.6) is 5.75 Å². The van der Waals surface area contributed by atoms with Gasteiger partial charge in [0.15, 0.2) is 0 Å². The third kappa shape index (κ3) is 7.10. The minimum atomic E-state index is -2.61. The van der Waals surface area contributed by atoms with Gasteiger partial charge in [0.2, 0.25) is 6.42 Å². The number of para-hydroxylation sites is 1. The van der Waals surface area contributed by atoms with Crippen molar-refractivity contribution >= 4 is 70.5 Å². The molecule has 162 valence electrons. The fourth-order valence-electron chi connectivity index (χ4n) is 2.07. The van der Waals surface area contributed by atoms with Crippen LogP contribution in [0, 0.1) is 0 Å². The first-order valence-electron chi connectivity index (χ1n) is 8.90. The first-order chi connectivity index (χ1) is 14.3. The zero-order valence-electron chi connectivity index (χ0n) is 17.0. The molecule has 1 amide bonds. The molecule has 0 heterocycles. The number of oxime groups is 1. The molecule has 0 aliphatic heterocycles. The van der Waals surface area contributed by atoms with Crippen LogP contribution in [0.15, 0.2) is 59.8 Å². The fraction of sp³-hybridized carbons (Fsp3) is 0.263. The number of benzene rings is 2. The number of thioether (sulfide) groups is 1. The Morgan fingerprint density at radius 1 is 1.20 bits per heavy atom. The molecule has 0 radical (unpaired) electrons. The lowest BCUT2D eigenvalue weighted by molar-refractivity contribution is 0.137. The van der Waals surface area contributed by atoms with Crippen LogP contribution >= 0.6 is 41.9 Å². The number of amides is 1. The molecule has 0 fully saturated rings. The molecular weight excluding hydrogens is 481 g/mol. The average molecular weight is 504 g/mol. The van der Waals surface area contributed by atoms with Crippen LogP contribution in [0.3, 0.4) is 0 Å². The average Bonchev–Trinajstić information content (AvgIpc) is 2.76. The van der Waals surface area contributed by atoms with Crippen molar-refractivity contribution in [3.8, 4) is 5.75 Å². The molecule has 0 N–H and O–H groups in total. The molecule has 1 atom stereocenters. The zero-order valence-corrected chi connectivity index (χ0v) is 21.1. The van der Waals surface area contributed by atoms with Gasteiger partial charge in [0.1, 0.15) is 10.8 Å². The Kier molecular flexibility index (Phi) is 9.84. The molecule has 1 unspecified atom stereocenters. The molecule has 2 rings (SSSR count). The Bertz CT molecular complexity index is 916. The van der Waals surface area contributed by atoms with Crippen molar-refractivity contribution in [2.75, 3.05) is 23.5 Å². The van der Waals surface area contributed by atoms with Crippen LogP contribution < -0.4 is 8.60 Å². The summed E-state index contributed by atoms with van der Waals surface area (Å²) < 4.78 is 9.46. The quantitative estimate of drug-likeness (QED) is 0.0971. The summed E-state index contributed by atoms with van der Waals surface area (Å²) in [7, 11) is 1.59. The van der Waals surface area contributed by atoms with Gasteiger partial charge in [-0.3, -0.25) is 4.84 Å². The van der Waals surface area contributed by atoms with Crippen molar-refractivity contribution in [1.29, 1.82) is 0 Å². The van der Waals surface area contributed by atoms with E-state index in [1.807, 2.05) is 59.7 Å². The number of carbonyl (C=O) groups is 1. The van der Waals surface area contributed by atoms with Gasteiger partial charge in [0.25, 0.3) is 0 Å². The number of hydrogen-bond donors (Lipinski definition) is 0. The third-order valence-electron chi connectivity index (χ3n) is 3.72. The first kappa shape index (κ1) is 24.9. The number of nitrogens with zero attached hydrogens (tertiary/aromatic N) is 3. The molecule has 0 saturated heterocycles. The largest absolute Gasteiger partial charge is 0.448 e. The molecular formula is C19H23ClN3O3PS3. The van der Waals surface area contributed by atoms with Gasteiger partial charge in [-0.25, -0.2) is 13.2 Å². The Hall–Kier alpha value is -1.38. The molecule has 0 aliphatic carbocycles. The van der Waals surface area contributed by atoms with Gasteiger partial charge >= 0.3 is 6.09 Å². The lowest BCUT2D eigenvalue weighted by atomic mass is 10.3. The Morgan fingerprint density at radius 3 is 2.40 bits per heavy atom. The lowest BCUT2D eigenvalue weighted by Gasteiger charge is -2.35. The highest BCUT2D eigenvalue weighted by Gasteiger charge is 2.31. The van der Waals surface area contributed by atoms with Crippen LogP contribution in [-0.4, -0.2) is 34.9 Å². The SMILES string of the molecule is CCP(=S)(Oc1ccccc1)N(SN(C)C(=O)ON=C(C)SC)c1ccc(Cl)cc1. The summed E-state index contributed by atoms with van der Waals surface area (Å²) in [6.07, 6.45) is -0.808. The van der Waals surface area contributed by atoms with E-state index in [1.54, 1.807) is 26.1 Å². The van der Waals surface area contributed by atoms with E-state index in [4.69, 9.17) is 32.8 Å². The van der Waals surface area contributed by atoms with E-state index < -0.39 is 12.5 Å². The molecule has 6 nitrogen and oxygen atoms in total. The smallest absolute Gasteiger partial charge is 0.447 e. The Morgan fingerprint density at radius 2 is 1.83 bits per heavy atom. The monoisotopic (exact) mass is 503 g/mol. The number of carbonyl (C=O) groups excluding carboxylic acids is 1. The molecule has 0 aromatic heterocycles. The summed E-state index contributed by atoms with van der Waals surface area (Å²) in [5.74, 6) is 0.674. The van der Waals surface area contributed by atoms with Crippen LogP contribution in [0.2, 0.25) is 5.02 Å². The van der Waals surface area contributed by atoms with E-state index in [1.165, 1.54) is 16.1 Å². The lowest BCUT2D eigenvalue weighted by Crippen LogP contribution is -2.27. The second kappa shape index (κ2) is 11.9. The van der Waals surface area contributed by atoms with E-state index in [0.717, 1.165) is 17.8 Å². The van der Waals surface area contributed by atoms with Crippen molar-refractivity contribution < 1.29 is 14.2 Å². The Labute approximate surface area is 196 Å². The first-order valence-corrected chi connectivity index (χ1v) is 14.1. The van der Waals surface area contributed by atoms with Gasteiger partial charge in [-0.05, 0) is 61.4 Å². The minimum Gasteiger partial charge on any atom is -0.448 e. The minimum absolute atomic E-state index is 0.569. The number of anilines is 1. The van der Waals surface area contributed by atoms with Crippen molar-refractivity contribution in [3.05, 3.63) is 59.6 Å². The van der Waals surface area contributed by atoms with Gasteiger partial charge in [0.05, 0.1) is 17.8 Å². The summed E-state index contributed by atoms with van der Waals surface area (Å²) >= 11 is 14.6. The van der Waals surface area contributed by atoms with Crippen molar-refractivity contribution in [1.82, 2.24) is 4.31 Å².